The molecule has 0 fully saturated rings. The number of nitrogens with zero attached hydrogens (tertiary/aromatic N) is 1. The summed E-state index contributed by atoms with van der Waals surface area (Å²) in [7, 11) is 3.12. The highest BCUT2D eigenvalue weighted by Crippen LogP contribution is 2.22. The van der Waals surface area contributed by atoms with Gasteiger partial charge in [0.15, 0.2) is 0 Å². The normalized spacial score (nSPS) is 10.1. The van der Waals surface area contributed by atoms with E-state index >= 15 is 0 Å². The van der Waals surface area contributed by atoms with Crippen molar-refractivity contribution in [2.45, 2.75) is 12.8 Å². The number of ether oxygens (including phenoxy) is 2. The molecule has 5 nitrogen and oxygen atoms in total. The first-order valence-electron chi connectivity index (χ1n) is 7.14. The van der Waals surface area contributed by atoms with E-state index in [1.165, 1.54) is 0 Å². The zero-order valence-corrected chi connectivity index (χ0v) is 12.8. The third-order valence-electron chi connectivity index (χ3n) is 3.24. The lowest BCUT2D eigenvalue weighted by Crippen LogP contribution is -2.24. The summed E-state index contributed by atoms with van der Waals surface area (Å²) >= 11 is 0. The summed E-state index contributed by atoms with van der Waals surface area (Å²) in [5.41, 5.74) is 1.55. The molecule has 0 saturated carbocycles. The Bertz CT molecular complexity index is 592. The number of carbonyl (C=O) groups excluding carboxylic acids is 1. The van der Waals surface area contributed by atoms with Crippen LogP contribution in [0, 0.1) is 0 Å². The van der Waals surface area contributed by atoms with Crippen molar-refractivity contribution in [1.29, 1.82) is 0 Å². The highest BCUT2D eigenvalue weighted by Gasteiger charge is 2.09. The van der Waals surface area contributed by atoms with Crippen molar-refractivity contribution in [3.8, 4) is 11.5 Å². The predicted octanol–water partition coefficient (Wildman–Crippen LogP) is 2.46. The van der Waals surface area contributed by atoms with Gasteiger partial charge in [-0.2, -0.15) is 0 Å². The molecule has 116 valence electrons. The second-order valence-electron chi connectivity index (χ2n) is 4.78. The van der Waals surface area contributed by atoms with Crippen LogP contribution in [0.5, 0.6) is 11.5 Å². The van der Waals surface area contributed by atoms with Gasteiger partial charge in [-0.3, -0.25) is 9.78 Å². The average molecular weight is 300 g/mol. The predicted molar refractivity (Wildman–Crippen MR) is 84.4 cm³/mol. The maximum atomic E-state index is 12.2. The lowest BCUT2D eigenvalue weighted by atomic mass is 10.1. The lowest BCUT2D eigenvalue weighted by Gasteiger charge is -2.09. The summed E-state index contributed by atoms with van der Waals surface area (Å²) in [5, 5.41) is 2.89. The molecule has 1 N–H and O–H groups in total. The SMILES string of the molecule is COc1cc(OC)cc(C(=O)NCCCc2ccccn2)c1. The molecule has 1 aromatic heterocycles. The summed E-state index contributed by atoms with van der Waals surface area (Å²) in [6.07, 6.45) is 3.45. The van der Waals surface area contributed by atoms with Crippen molar-refractivity contribution < 1.29 is 14.3 Å². The molecule has 0 radical (unpaired) electrons. The fraction of sp³-hybridized carbons (Fsp3) is 0.294. The van der Waals surface area contributed by atoms with Crippen LogP contribution in [-0.4, -0.2) is 31.7 Å². The van der Waals surface area contributed by atoms with Crippen LogP contribution in [0.3, 0.4) is 0 Å². The van der Waals surface area contributed by atoms with Gasteiger partial charge in [-0.25, -0.2) is 0 Å². The second kappa shape index (κ2) is 8.02. The maximum absolute atomic E-state index is 12.2. The number of aromatic nitrogens is 1. The quantitative estimate of drug-likeness (QED) is 0.798. The first kappa shape index (κ1) is 15.8. The van der Waals surface area contributed by atoms with Crippen molar-refractivity contribution in [2.75, 3.05) is 20.8 Å². The molecule has 0 aliphatic heterocycles. The van der Waals surface area contributed by atoms with E-state index in [1.807, 2.05) is 18.2 Å². The van der Waals surface area contributed by atoms with Crippen LogP contribution in [-0.2, 0) is 6.42 Å². The van der Waals surface area contributed by atoms with Crippen molar-refractivity contribution in [2.24, 2.45) is 0 Å². The summed E-state index contributed by atoms with van der Waals surface area (Å²) in [4.78, 5) is 16.4. The number of benzene rings is 1. The average Bonchev–Trinajstić information content (AvgIpc) is 2.58. The molecule has 0 spiro atoms. The molecule has 2 aromatic rings. The van der Waals surface area contributed by atoms with Gasteiger partial charge in [0.1, 0.15) is 11.5 Å². The summed E-state index contributed by atoms with van der Waals surface area (Å²) in [5.74, 6) is 1.05. The van der Waals surface area contributed by atoms with Gasteiger partial charge in [-0.1, -0.05) is 6.07 Å². The van der Waals surface area contributed by atoms with Gasteiger partial charge in [0.25, 0.3) is 5.91 Å². The molecular formula is C17H20N2O3. The van der Waals surface area contributed by atoms with Crippen LogP contribution in [0.1, 0.15) is 22.5 Å². The molecule has 1 heterocycles. The van der Waals surface area contributed by atoms with E-state index < -0.39 is 0 Å². The van der Waals surface area contributed by atoms with E-state index in [-0.39, 0.29) is 5.91 Å². The Hall–Kier alpha value is -2.56. The molecule has 0 bridgehead atoms. The zero-order valence-electron chi connectivity index (χ0n) is 12.8. The Balaban J connectivity index is 1.87. The van der Waals surface area contributed by atoms with Crippen LogP contribution in [0.4, 0.5) is 0 Å². The summed E-state index contributed by atoms with van der Waals surface area (Å²) in [6.45, 7) is 0.592. The van der Waals surface area contributed by atoms with E-state index in [0.29, 0.717) is 23.6 Å². The zero-order chi connectivity index (χ0) is 15.8. The second-order valence-corrected chi connectivity index (χ2v) is 4.78. The van der Waals surface area contributed by atoms with Crippen LogP contribution >= 0.6 is 0 Å². The third kappa shape index (κ3) is 4.48. The smallest absolute Gasteiger partial charge is 0.251 e. The van der Waals surface area contributed by atoms with Gasteiger partial charge < -0.3 is 14.8 Å². The number of aryl methyl sites for hydroxylation is 1. The fourth-order valence-electron chi connectivity index (χ4n) is 2.06. The van der Waals surface area contributed by atoms with Gasteiger partial charge in [0.2, 0.25) is 0 Å². The van der Waals surface area contributed by atoms with Crippen molar-refractivity contribution in [3.63, 3.8) is 0 Å². The van der Waals surface area contributed by atoms with Crippen molar-refractivity contribution in [3.05, 3.63) is 53.9 Å². The fourth-order valence-corrected chi connectivity index (χ4v) is 2.06. The monoisotopic (exact) mass is 300 g/mol. The molecule has 2 rings (SSSR count). The molecule has 1 amide bonds. The van der Waals surface area contributed by atoms with Crippen LogP contribution in [0.2, 0.25) is 0 Å². The molecule has 5 heteroatoms. The molecule has 0 aliphatic rings. The van der Waals surface area contributed by atoms with E-state index in [2.05, 4.69) is 10.3 Å². The number of hydrogen-bond acceptors (Lipinski definition) is 4. The van der Waals surface area contributed by atoms with E-state index in [4.69, 9.17) is 9.47 Å². The number of hydrogen-bond donors (Lipinski definition) is 1. The topological polar surface area (TPSA) is 60.5 Å². The maximum Gasteiger partial charge on any atom is 0.251 e. The Morgan fingerprint density at radius 1 is 1.14 bits per heavy atom. The van der Waals surface area contributed by atoms with E-state index in [9.17, 15) is 4.79 Å². The highest BCUT2D eigenvalue weighted by molar-refractivity contribution is 5.95. The number of amides is 1. The van der Waals surface area contributed by atoms with E-state index in [0.717, 1.165) is 18.5 Å². The highest BCUT2D eigenvalue weighted by atomic mass is 16.5. The minimum absolute atomic E-state index is 0.141. The van der Waals surface area contributed by atoms with Crippen LogP contribution < -0.4 is 14.8 Å². The van der Waals surface area contributed by atoms with Gasteiger partial charge in [-0.05, 0) is 37.1 Å². The number of nitrogens with one attached hydrogen (secondary N) is 1. The van der Waals surface area contributed by atoms with Crippen molar-refractivity contribution >= 4 is 5.91 Å². The Morgan fingerprint density at radius 3 is 2.45 bits per heavy atom. The first-order valence-corrected chi connectivity index (χ1v) is 7.14. The largest absolute Gasteiger partial charge is 0.497 e. The third-order valence-corrected chi connectivity index (χ3v) is 3.24. The Morgan fingerprint density at radius 2 is 1.86 bits per heavy atom. The molecule has 22 heavy (non-hydrogen) atoms. The van der Waals surface area contributed by atoms with Gasteiger partial charge in [0.05, 0.1) is 14.2 Å². The number of pyridine rings is 1. The summed E-state index contributed by atoms with van der Waals surface area (Å²) in [6, 6.07) is 10.9. The molecule has 0 aliphatic carbocycles. The lowest BCUT2D eigenvalue weighted by molar-refractivity contribution is 0.0952. The number of methoxy groups -OCH3 is 2. The van der Waals surface area contributed by atoms with Gasteiger partial charge in [-0.15, -0.1) is 0 Å². The standard InChI is InChI=1S/C17H20N2O3/c1-21-15-10-13(11-16(12-15)22-2)17(20)19-9-5-7-14-6-3-4-8-18-14/h3-4,6,8,10-12H,5,7,9H2,1-2H3,(H,19,20). The van der Waals surface area contributed by atoms with Crippen LogP contribution in [0.15, 0.2) is 42.6 Å². The summed E-state index contributed by atoms with van der Waals surface area (Å²) < 4.78 is 10.3. The number of rotatable bonds is 7. The van der Waals surface area contributed by atoms with Gasteiger partial charge >= 0.3 is 0 Å². The molecular weight excluding hydrogens is 280 g/mol. The minimum atomic E-state index is -0.141. The number of carbonyl (C=O) groups is 1. The minimum Gasteiger partial charge on any atom is -0.497 e. The molecule has 0 atom stereocenters. The van der Waals surface area contributed by atoms with Crippen LogP contribution in [0.25, 0.3) is 0 Å². The Labute approximate surface area is 130 Å². The molecule has 0 saturated heterocycles. The van der Waals surface area contributed by atoms with Gasteiger partial charge in [0, 0.05) is 30.1 Å². The first-order chi connectivity index (χ1) is 10.7. The van der Waals surface area contributed by atoms with Crippen molar-refractivity contribution in [1.82, 2.24) is 10.3 Å². The Kier molecular flexibility index (Phi) is 5.77. The molecule has 1 aromatic carbocycles. The van der Waals surface area contributed by atoms with E-state index in [1.54, 1.807) is 38.6 Å². The molecule has 0 unspecified atom stereocenters.